The van der Waals surface area contributed by atoms with Crippen molar-refractivity contribution in [2.75, 3.05) is 26.9 Å². The second-order valence-electron chi connectivity index (χ2n) is 6.35. The fourth-order valence-electron chi connectivity index (χ4n) is 2.92. The van der Waals surface area contributed by atoms with Crippen LogP contribution in [0.5, 0.6) is 17.2 Å². The molecule has 0 radical (unpaired) electrons. The van der Waals surface area contributed by atoms with E-state index in [0.29, 0.717) is 12.2 Å². The maximum Gasteiger partial charge on any atom is 0.416 e. The number of halogens is 3. The molecule has 1 heterocycles. The molecule has 8 heteroatoms. The lowest BCUT2D eigenvalue weighted by atomic mass is 9.96. The molecule has 1 amide bonds. The topological polar surface area (TPSA) is 56.8 Å². The molecule has 5 nitrogen and oxygen atoms in total. The quantitative estimate of drug-likeness (QED) is 0.762. The molecule has 1 aliphatic heterocycles. The number of rotatable bonds is 6. The van der Waals surface area contributed by atoms with Gasteiger partial charge in [0.15, 0.2) is 0 Å². The van der Waals surface area contributed by atoms with Gasteiger partial charge in [-0.15, -0.1) is 0 Å². The van der Waals surface area contributed by atoms with Crippen LogP contribution in [-0.2, 0) is 17.4 Å². The molecule has 1 atom stereocenters. The van der Waals surface area contributed by atoms with Crippen molar-refractivity contribution in [2.45, 2.75) is 12.6 Å². The Morgan fingerprint density at radius 2 is 2.04 bits per heavy atom. The lowest BCUT2D eigenvalue weighted by Gasteiger charge is -2.25. The van der Waals surface area contributed by atoms with E-state index in [1.807, 2.05) is 12.1 Å². The molecule has 28 heavy (non-hydrogen) atoms. The highest BCUT2D eigenvalue weighted by molar-refractivity contribution is 5.79. The first-order valence-corrected chi connectivity index (χ1v) is 8.74. The van der Waals surface area contributed by atoms with Gasteiger partial charge in [-0.1, -0.05) is 6.07 Å². The minimum Gasteiger partial charge on any atom is -0.497 e. The molecule has 2 aromatic rings. The lowest BCUT2D eigenvalue weighted by Crippen LogP contribution is -2.39. The molecule has 0 saturated heterocycles. The van der Waals surface area contributed by atoms with Crippen LogP contribution in [-0.4, -0.2) is 32.8 Å². The van der Waals surface area contributed by atoms with E-state index in [4.69, 9.17) is 14.2 Å². The predicted octanol–water partition coefficient (Wildman–Crippen LogP) is 3.46. The molecule has 1 aliphatic rings. The van der Waals surface area contributed by atoms with Crippen molar-refractivity contribution in [3.8, 4) is 17.2 Å². The molecule has 1 N–H and O–H groups in total. The highest BCUT2D eigenvalue weighted by atomic mass is 19.4. The first kappa shape index (κ1) is 19.9. The first-order valence-electron chi connectivity index (χ1n) is 8.74. The summed E-state index contributed by atoms with van der Waals surface area (Å²) in [6.45, 7) is 0.501. The predicted molar refractivity (Wildman–Crippen MR) is 95.6 cm³/mol. The van der Waals surface area contributed by atoms with Crippen molar-refractivity contribution >= 4 is 5.91 Å². The molecule has 1 unspecified atom stereocenters. The summed E-state index contributed by atoms with van der Waals surface area (Å²) in [7, 11) is 1.57. The Hall–Kier alpha value is -2.90. The molecular formula is C20H20F3NO4. The average molecular weight is 395 g/mol. The van der Waals surface area contributed by atoms with Gasteiger partial charge in [0.2, 0.25) is 5.91 Å². The van der Waals surface area contributed by atoms with Gasteiger partial charge in [-0.2, -0.15) is 13.2 Å². The van der Waals surface area contributed by atoms with E-state index in [1.54, 1.807) is 13.2 Å². The number of methoxy groups -OCH3 is 1. The van der Waals surface area contributed by atoms with E-state index < -0.39 is 11.7 Å². The van der Waals surface area contributed by atoms with Crippen molar-refractivity contribution < 1.29 is 32.2 Å². The van der Waals surface area contributed by atoms with E-state index in [9.17, 15) is 18.0 Å². The van der Waals surface area contributed by atoms with Gasteiger partial charge in [0.25, 0.3) is 0 Å². The van der Waals surface area contributed by atoms with Crippen molar-refractivity contribution in [1.29, 1.82) is 0 Å². The number of benzene rings is 2. The second-order valence-corrected chi connectivity index (χ2v) is 6.35. The van der Waals surface area contributed by atoms with E-state index in [1.165, 1.54) is 12.1 Å². The maximum absolute atomic E-state index is 12.7. The third-order valence-corrected chi connectivity index (χ3v) is 4.38. The van der Waals surface area contributed by atoms with Gasteiger partial charge in [-0.25, -0.2) is 0 Å². The molecule has 2 aromatic carbocycles. The number of nitrogens with one attached hydrogen (secondary N) is 1. The van der Waals surface area contributed by atoms with E-state index in [2.05, 4.69) is 5.32 Å². The van der Waals surface area contributed by atoms with Crippen molar-refractivity contribution in [3.05, 3.63) is 53.6 Å². The summed E-state index contributed by atoms with van der Waals surface area (Å²) in [5.74, 6) is 0.982. The zero-order chi connectivity index (χ0) is 20.1. The highest BCUT2D eigenvalue weighted by Gasteiger charge is 2.30. The van der Waals surface area contributed by atoms with Gasteiger partial charge >= 0.3 is 6.18 Å². The monoisotopic (exact) mass is 395 g/mol. The second kappa shape index (κ2) is 8.41. The molecule has 0 bridgehead atoms. The molecule has 150 valence electrons. The van der Waals surface area contributed by atoms with Crippen molar-refractivity contribution in [1.82, 2.24) is 5.32 Å². The number of carbonyl (C=O) groups excluding carboxylic acids is 1. The summed E-state index contributed by atoms with van der Waals surface area (Å²) in [4.78, 5) is 12.3. The van der Waals surface area contributed by atoms with Crippen LogP contribution in [0.1, 0.15) is 11.1 Å². The number of ether oxygens (including phenoxy) is 3. The maximum atomic E-state index is 12.7. The standard InChI is InChI=1S/C20H20F3NO4/c1-26-16-5-6-18-13(10-16)9-14(12-28-18)19(25)24-7-8-27-17-4-2-3-15(11-17)20(21,22)23/h2-6,10-11,14H,7-9,12H2,1H3,(H,24,25). The smallest absolute Gasteiger partial charge is 0.416 e. The Kier molecular flexibility index (Phi) is 5.96. The summed E-state index contributed by atoms with van der Waals surface area (Å²) in [6.07, 6.45) is -3.90. The molecule has 0 aromatic heterocycles. The Bertz CT molecular complexity index is 838. The number of hydrogen-bond acceptors (Lipinski definition) is 4. The summed E-state index contributed by atoms with van der Waals surface area (Å²) in [6, 6.07) is 10.1. The van der Waals surface area contributed by atoms with Crippen LogP contribution in [0.3, 0.4) is 0 Å². The van der Waals surface area contributed by atoms with Crippen molar-refractivity contribution in [2.24, 2.45) is 5.92 Å². The van der Waals surface area contributed by atoms with Crippen LogP contribution in [0, 0.1) is 5.92 Å². The number of amides is 1. The first-order chi connectivity index (χ1) is 13.4. The van der Waals surface area contributed by atoms with Crippen LogP contribution < -0.4 is 19.5 Å². The van der Waals surface area contributed by atoms with Gasteiger partial charge in [-0.05, 0) is 48.4 Å². The van der Waals surface area contributed by atoms with E-state index in [-0.39, 0.29) is 37.3 Å². The third-order valence-electron chi connectivity index (χ3n) is 4.38. The molecule has 3 rings (SSSR count). The van der Waals surface area contributed by atoms with Gasteiger partial charge < -0.3 is 19.5 Å². The molecule has 0 saturated carbocycles. The van der Waals surface area contributed by atoms with Crippen LogP contribution in [0.15, 0.2) is 42.5 Å². The largest absolute Gasteiger partial charge is 0.497 e. The Balaban J connectivity index is 1.47. The number of carbonyl (C=O) groups is 1. The van der Waals surface area contributed by atoms with Crippen LogP contribution in [0.2, 0.25) is 0 Å². The SMILES string of the molecule is COc1ccc2c(c1)CC(C(=O)NCCOc1cccc(C(F)(F)F)c1)CO2. The number of fused-ring (bicyclic) bond motifs is 1. The zero-order valence-electron chi connectivity index (χ0n) is 15.2. The van der Waals surface area contributed by atoms with Gasteiger partial charge in [0.05, 0.1) is 25.1 Å². The van der Waals surface area contributed by atoms with E-state index in [0.717, 1.165) is 23.4 Å². The normalized spacial score (nSPS) is 15.9. The van der Waals surface area contributed by atoms with Gasteiger partial charge in [0, 0.05) is 0 Å². The number of alkyl halides is 3. The fourth-order valence-corrected chi connectivity index (χ4v) is 2.92. The Morgan fingerprint density at radius 1 is 1.21 bits per heavy atom. The molecule has 0 spiro atoms. The van der Waals surface area contributed by atoms with E-state index >= 15 is 0 Å². The average Bonchev–Trinajstić information content (AvgIpc) is 2.69. The minimum absolute atomic E-state index is 0.0606. The summed E-state index contributed by atoms with van der Waals surface area (Å²) in [5.41, 5.74) is 0.119. The summed E-state index contributed by atoms with van der Waals surface area (Å²) in [5, 5.41) is 2.73. The highest BCUT2D eigenvalue weighted by Crippen LogP contribution is 2.32. The number of hydrogen-bond donors (Lipinski definition) is 1. The fraction of sp³-hybridized carbons (Fsp3) is 0.350. The zero-order valence-corrected chi connectivity index (χ0v) is 15.2. The molecular weight excluding hydrogens is 375 g/mol. The van der Waals surface area contributed by atoms with Gasteiger partial charge in [0.1, 0.15) is 30.5 Å². The summed E-state index contributed by atoms with van der Waals surface area (Å²) >= 11 is 0. The molecule has 0 aliphatic carbocycles. The summed E-state index contributed by atoms with van der Waals surface area (Å²) < 4.78 is 54.2. The van der Waals surface area contributed by atoms with Crippen LogP contribution >= 0.6 is 0 Å². The Morgan fingerprint density at radius 3 is 2.79 bits per heavy atom. The van der Waals surface area contributed by atoms with Gasteiger partial charge in [-0.3, -0.25) is 4.79 Å². The minimum atomic E-state index is -4.42. The lowest BCUT2D eigenvalue weighted by molar-refractivity contribution is -0.137. The molecule has 0 fully saturated rings. The van der Waals surface area contributed by atoms with Crippen LogP contribution in [0.25, 0.3) is 0 Å². The Labute approximate surface area is 160 Å². The van der Waals surface area contributed by atoms with Crippen molar-refractivity contribution in [3.63, 3.8) is 0 Å². The third kappa shape index (κ3) is 4.88. The van der Waals surface area contributed by atoms with Crippen LogP contribution in [0.4, 0.5) is 13.2 Å².